The lowest BCUT2D eigenvalue weighted by atomic mass is 10.0. The van der Waals surface area contributed by atoms with Crippen LogP contribution < -0.4 is 16.4 Å². The molecule has 0 bridgehead atoms. The standard InChI is InChI=1S/C16H24N4O/c17-15(21)11-20-10-12(8-18-14-6-7-14)9-19-16(20)13-4-2-1-3-5-13/h1-5,12,14,16,18-19H,6-11H2,(H2,17,21)/t12-,16+/m0/s1. The number of hydrogen-bond acceptors (Lipinski definition) is 4. The van der Waals surface area contributed by atoms with E-state index in [1.807, 2.05) is 18.2 Å². The van der Waals surface area contributed by atoms with E-state index in [1.54, 1.807) is 0 Å². The number of hydrogen-bond donors (Lipinski definition) is 3. The first-order chi connectivity index (χ1) is 10.2. The molecule has 3 rings (SSSR count). The molecular weight excluding hydrogens is 264 g/mol. The zero-order chi connectivity index (χ0) is 14.7. The van der Waals surface area contributed by atoms with Gasteiger partial charge >= 0.3 is 0 Å². The fourth-order valence-corrected chi connectivity index (χ4v) is 2.99. The Balaban J connectivity index is 1.64. The van der Waals surface area contributed by atoms with Gasteiger partial charge in [0.25, 0.3) is 0 Å². The molecule has 0 spiro atoms. The van der Waals surface area contributed by atoms with Crippen LogP contribution in [0.4, 0.5) is 0 Å². The lowest BCUT2D eigenvalue weighted by molar-refractivity contribution is -0.120. The summed E-state index contributed by atoms with van der Waals surface area (Å²) in [6.07, 6.45) is 2.69. The quantitative estimate of drug-likeness (QED) is 0.710. The van der Waals surface area contributed by atoms with Crippen LogP contribution in [0.3, 0.4) is 0 Å². The van der Waals surface area contributed by atoms with Gasteiger partial charge in [0, 0.05) is 25.7 Å². The molecule has 1 heterocycles. The molecule has 2 fully saturated rings. The Morgan fingerprint density at radius 3 is 2.76 bits per heavy atom. The van der Waals surface area contributed by atoms with Crippen LogP contribution in [0.1, 0.15) is 24.6 Å². The Morgan fingerprint density at radius 1 is 1.33 bits per heavy atom. The highest BCUT2D eigenvalue weighted by Crippen LogP contribution is 2.24. The Labute approximate surface area is 125 Å². The van der Waals surface area contributed by atoms with Crippen molar-refractivity contribution < 1.29 is 4.79 Å². The van der Waals surface area contributed by atoms with Gasteiger partial charge in [0.05, 0.1) is 12.7 Å². The Kier molecular flexibility index (Phi) is 4.53. The lowest BCUT2D eigenvalue weighted by Gasteiger charge is -2.40. The molecule has 0 radical (unpaired) electrons. The molecule has 5 nitrogen and oxygen atoms in total. The molecule has 114 valence electrons. The van der Waals surface area contributed by atoms with E-state index in [4.69, 9.17) is 5.73 Å². The predicted octanol–water partition coefficient (Wildman–Crippen LogP) is 0.444. The predicted molar refractivity (Wildman–Crippen MR) is 82.5 cm³/mol. The molecule has 4 N–H and O–H groups in total. The molecule has 5 heteroatoms. The van der Waals surface area contributed by atoms with Gasteiger partial charge < -0.3 is 11.1 Å². The third kappa shape index (κ3) is 4.03. The van der Waals surface area contributed by atoms with E-state index in [1.165, 1.54) is 18.4 Å². The van der Waals surface area contributed by atoms with Gasteiger partial charge in [-0.05, 0) is 24.3 Å². The first kappa shape index (κ1) is 14.5. The fraction of sp³-hybridized carbons (Fsp3) is 0.562. The van der Waals surface area contributed by atoms with Gasteiger partial charge in [0.2, 0.25) is 5.91 Å². The maximum atomic E-state index is 11.4. The Hall–Kier alpha value is -1.43. The summed E-state index contributed by atoms with van der Waals surface area (Å²) >= 11 is 0. The normalized spacial score (nSPS) is 26.7. The van der Waals surface area contributed by atoms with Crippen molar-refractivity contribution in [1.82, 2.24) is 15.5 Å². The summed E-state index contributed by atoms with van der Waals surface area (Å²) < 4.78 is 0. The molecule has 2 atom stereocenters. The molecule has 0 aromatic heterocycles. The minimum Gasteiger partial charge on any atom is -0.369 e. The largest absolute Gasteiger partial charge is 0.369 e. The van der Waals surface area contributed by atoms with Crippen molar-refractivity contribution in [1.29, 1.82) is 0 Å². The summed E-state index contributed by atoms with van der Waals surface area (Å²) in [5.74, 6) is 0.249. The summed E-state index contributed by atoms with van der Waals surface area (Å²) in [6.45, 7) is 3.17. The van der Waals surface area contributed by atoms with Gasteiger partial charge in [0.1, 0.15) is 0 Å². The topological polar surface area (TPSA) is 70.4 Å². The maximum absolute atomic E-state index is 11.4. The molecule has 1 aliphatic heterocycles. The molecule has 1 saturated carbocycles. The van der Waals surface area contributed by atoms with Crippen LogP contribution >= 0.6 is 0 Å². The summed E-state index contributed by atoms with van der Waals surface area (Å²) in [5.41, 5.74) is 6.60. The number of benzene rings is 1. The van der Waals surface area contributed by atoms with Gasteiger partial charge in [-0.3, -0.25) is 15.0 Å². The molecule has 1 amide bonds. The second-order valence-electron chi connectivity index (χ2n) is 6.17. The van der Waals surface area contributed by atoms with Crippen LogP contribution in [-0.4, -0.2) is 43.0 Å². The second-order valence-corrected chi connectivity index (χ2v) is 6.17. The van der Waals surface area contributed by atoms with Gasteiger partial charge in [-0.1, -0.05) is 30.3 Å². The summed E-state index contributed by atoms with van der Waals surface area (Å²) in [7, 11) is 0. The number of nitrogens with two attached hydrogens (primary N) is 1. The lowest BCUT2D eigenvalue weighted by Crippen LogP contribution is -2.53. The third-order valence-electron chi connectivity index (χ3n) is 4.20. The van der Waals surface area contributed by atoms with Crippen LogP contribution in [0, 0.1) is 5.92 Å². The van der Waals surface area contributed by atoms with Crippen molar-refractivity contribution in [2.75, 3.05) is 26.2 Å². The fourth-order valence-electron chi connectivity index (χ4n) is 2.99. The zero-order valence-corrected chi connectivity index (χ0v) is 12.3. The van der Waals surface area contributed by atoms with E-state index in [-0.39, 0.29) is 12.1 Å². The van der Waals surface area contributed by atoms with Crippen molar-refractivity contribution in [3.63, 3.8) is 0 Å². The zero-order valence-electron chi connectivity index (χ0n) is 12.3. The number of rotatable bonds is 6. The van der Waals surface area contributed by atoms with Crippen molar-refractivity contribution in [3.05, 3.63) is 35.9 Å². The highest BCUT2D eigenvalue weighted by atomic mass is 16.1. The third-order valence-corrected chi connectivity index (χ3v) is 4.20. The summed E-state index contributed by atoms with van der Waals surface area (Å²) in [6, 6.07) is 11.0. The van der Waals surface area contributed by atoms with Crippen LogP contribution in [0.5, 0.6) is 0 Å². The van der Waals surface area contributed by atoms with Crippen molar-refractivity contribution in [3.8, 4) is 0 Å². The van der Waals surface area contributed by atoms with Crippen LogP contribution in [0.15, 0.2) is 30.3 Å². The van der Waals surface area contributed by atoms with Crippen molar-refractivity contribution in [2.24, 2.45) is 11.7 Å². The van der Waals surface area contributed by atoms with Crippen LogP contribution in [-0.2, 0) is 4.79 Å². The van der Waals surface area contributed by atoms with E-state index >= 15 is 0 Å². The Morgan fingerprint density at radius 2 is 2.10 bits per heavy atom. The molecule has 1 aliphatic carbocycles. The molecule has 21 heavy (non-hydrogen) atoms. The number of carbonyl (C=O) groups excluding carboxylic acids is 1. The molecule has 1 saturated heterocycles. The molecule has 1 aromatic rings. The first-order valence-electron chi connectivity index (χ1n) is 7.76. The van der Waals surface area contributed by atoms with Gasteiger partial charge in [-0.2, -0.15) is 0 Å². The minimum absolute atomic E-state index is 0.0795. The van der Waals surface area contributed by atoms with E-state index in [2.05, 4.69) is 27.7 Å². The number of nitrogens with one attached hydrogen (secondary N) is 2. The van der Waals surface area contributed by atoms with Gasteiger partial charge in [-0.15, -0.1) is 0 Å². The molecular formula is C16H24N4O. The van der Waals surface area contributed by atoms with Gasteiger partial charge in [-0.25, -0.2) is 0 Å². The van der Waals surface area contributed by atoms with Crippen LogP contribution in [0.25, 0.3) is 0 Å². The van der Waals surface area contributed by atoms with E-state index in [0.29, 0.717) is 12.5 Å². The summed E-state index contributed by atoms with van der Waals surface area (Å²) in [4.78, 5) is 13.5. The highest BCUT2D eigenvalue weighted by Gasteiger charge is 2.30. The average Bonchev–Trinajstić information content (AvgIpc) is 3.30. The van der Waals surface area contributed by atoms with E-state index in [9.17, 15) is 4.79 Å². The number of primary amides is 1. The monoisotopic (exact) mass is 288 g/mol. The van der Waals surface area contributed by atoms with Crippen molar-refractivity contribution >= 4 is 5.91 Å². The maximum Gasteiger partial charge on any atom is 0.231 e. The summed E-state index contributed by atoms with van der Waals surface area (Å²) in [5, 5.41) is 7.14. The number of amides is 1. The van der Waals surface area contributed by atoms with E-state index in [0.717, 1.165) is 25.7 Å². The molecule has 0 unspecified atom stereocenters. The van der Waals surface area contributed by atoms with Crippen LogP contribution in [0.2, 0.25) is 0 Å². The molecule has 2 aliphatic rings. The number of nitrogens with zero attached hydrogens (tertiary/aromatic N) is 1. The second kappa shape index (κ2) is 6.56. The molecule has 1 aromatic carbocycles. The van der Waals surface area contributed by atoms with Gasteiger partial charge in [0.15, 0.2) is 0 Å². The minimum atomic E-state index is -0.270. The number of carbonyl (C=O) groups is 1. The SMILES string of the molecule is NC(=O)CN1C[C@@H](CNC2CC2)CN[C@H]1c1ccccc1. The van der Waals surface area contributed by atoms with E-state index < -0.39 is 0 Å². The highest BCUT2D eigenvalue weighted by molar-refractivity contribution is 5.76. The first-order valence-corrected chi connectivity index (χ1v) is 7.76. The average molecular weight is 288 g/mol. The van der Waals surface area contributed by atoms with Crippen molar-refractivity contribution in [2.45, 2.75) is 25.0 Å². The Bertz CT molecular complexity index is 474. The smallest absolute Gasteiger partial charge is 0.231 e.